The van der Waals surface area contributed by atoms with Gasteiger partial charge in [0.15, 0.2) is 17.1 Å². The lowest BCUT2D eigenvalue weighted by Crippen LogP contribution is -2.13. The Morgan fingerprint density at radius 2 is 2.00 bits per heavy atom. The fraction of sp³-hybridized carbons (Fsp3) is 0.235. The second-order valence-corrected chi connectivity index (χ2v) is 5.74. The summed E-state index contributed by atoms with van der Waals surface area (Å²) >= 11 is 0. The highest BCUT2D eigenvalue weighted by atomic mass is 16.7. The van der Waals surface area contributed by atoms with Crippen LogP contribution in [0.3, 0.4) is 0 Å². The standard InChI is InChI=1S/C17H16N4O3/c1-9-6-12(15-10(2)20-21(3)16(15)18-9)17(22)19-11-4-5-13-14(7-11)24-8-23-13/h4-7H,8H2,1-3H3,(H,19,22). The summed E-state index contributed by atoms with van der Waals surface area (Å²) in [6, 6.07) is 7.09. The molecule has 1 amide bonds. The smallest absolute Gasteiger partial charge is 0.256 e. The lowest BCUT2D eigenvalue weighted by atomic mass is 10.1. The average molecular weight is 324 g/mol. The van der Waals surface area contributed by atoms with Crippen LogP contribution in [-0.2, 0) is 7.05 Å². The van der Waals surface area contributed by atoms with Gasteiger partial charge in [0.05, 0.1) is 16.6 Å². The van der Waals surface area contributed by atoms with Crippen LogP contribution in [0.4, 0.5) is 5.69 Å². The lowest BCUT2D eigenvalue weighted by molar-refractivity contribution is 0.102. The molecule has 1 aliphatic rings. The Kier molecular flexibility index (Phi) is 3.16. The summed E-state index contributed by atoms with van der Waals surface area (Å²) in [6.45, 7) is 3.93. The van der Waals surface area contributed by atoms with Crippen molar-refractivity contribution in [1.29, 1.82) is 0 Å². The number of pyridine rings is 1. The second-order valence-electron chi connectivity index (χ2n) is 5.74. The number of hydrogen-bond acceptors (Lipinski definition) is 5. The van der Waals surface area contributed by atoms with E-state index in [-0.39, 0.29) is 12.7 Å². The van der Waals surface area contributed by atoms with E-state index >= 15 is 0 Å². The molecule has 0 aliphatic carbocycles. The Balaban J connectivity index is 1.73. The maximum absolute atomic E-state index is 12.8. The molecule has 0 radical (unpaired) electrons. The number of hydrogen-bond donors (Lipinski definition) is 1. The van der Waals surface area contributed by atoms with Crippen molar-refractivity contribution in [2.75, 3.05) is 12.1 Å². The molecule has 0 atom stereocenters. The zero-order valence-corrected chi connectivity index (χ0v) is 13.6. The summed E-state index contributed by atoms with van der Waals surface area (Å²) in [5.74, 6) is 1.10. The molecule has 1 aromatic carbocycles. The Hall–Kier alpha value is -3.09. The molecule has 7 nitrogen and oxygen atoms in total. The number of fused-ring (bicyclic) bond motifs is 2. The fourth-order valence-electron chi connectivity index (χ4n) is 2.92. The van der Waals surface area contributed by atoms with E-state index in [2.05, 4.69) is 15.4 Å². The molecule has 0 bridgehead atoms. The Morgan fingerprint density at radius 1 is 1.21 bits per heavy atom. The van der Waals surface area contributed by atoms with Crippen molar-refractivity contribution < 1.29 is 14.3 Å². The first-order valence-corrected chi connectivity index (χ1v) is 7.55. The summed E-state index contributed by atoms with van der Waals surface area (Å²) in [5.41, 5.74) is 3.44. The highest BCUT2D eigenvalue weighted by molar-refractivity contribution is 6.12. The van der Waals surface area contributed by atoms with E-state index in [1.807, 2.05) is 20.9 Å². The number of rotatable bonds is 2. The van der Waals surface area contributed by atoms with Crippen LogP contribution in [0.2, 0.25) is 0 Å². The van der Waals surface area contributed by atoms with Gasteiger partial charge in [-0.1, -0.05) is 0 Å². The molecule has 0 saturated carbocycles. The number of carbonyl (C=O) groups is 1. The molecule has 0 saturated heterocycles. The minimum Gasteiger partial charge on any atom is -0.454 e. The number of anilines is 1. The summed E-state index contributed by atoms with van der Waals surface area (Å²) in [7, 11) is 1.82. The Labute approximate surface area is 138 Å². The van der Waals surface area contributed by atoms with Gasteiger partial charge >= 0.3 is 0 Å². The van der Waals surface area contributed by atoms with Crippen LogP contribution in [0, 0.1) is 13.8 Å². The average Bonchev–Trinajstić information content (AvgIpc) is 3.11. The molecular weight excluding hydrogens is 308 g/mol. The van der Waals surface area contributed by atoms with E-state index in [1.54, 1.807) is 28.9 Å². The van der Waals surface area contributed by atoms with Gasteiger partial charge in [-0.05, 0) is 32.0 Å². The molecule has 24 heavy (non-hydrogen) atoms. The predicted molar refractivity (Wildman–Crippen MR) is 88.5 cm³/mol. The van der Waals surface area contributed by atoms with Gasteiger partial charge in [-0.15, -0.1) is 0 Å². The third-order valence-corrected chi connectivity index (χ3v) is 3.97. The fourth-order valence-corrected chi connectivity index (χ4v) is 2.92. The number of nitrogens with zero attached hydrogens (tertiary/aromatic N) is 3. The predicted octanol–water partition coefficient (Wildman–Crippen LogP) is 2.57. The van der Waals surface area contributed by atoms with Gasteiger partial charge in [-0.25, -0.2) is 4.98 Å². The van der Waals surface area contributed by atoms with Crippen molar-refractivity contribution in [1.82, 2.24) is 14.8 Å². The van der Waals surface area contributed by atoms with Gasteiger partial charge in [0.2, 0.25) is 6.79 Å². The van der Waals surface area contributed by atoms with Crippen LogP contribution < -0.4 is 14.8 Å². The maximum Gasteiger partial charge on any atom is 0.256 e. The summed E-state index contributed by atoms with van der Waals surface area (Å²) in [5, 5.41) is 8.04. The van der Waals surface area contributed by atoms with Gasteiger partial charge in [0, 0.05) is 24.5 Å². The zero-order chi connectivity index (χ0) is 16.8. The molecule has 2 aromatic heterocycles. The first-order valence-electron chi connectivity index (χ1n) is 7.55. The molecule has 1 aliphatic heterocycles. The van der Waals surface area contributed by atoms with Crippen LogP contribution in [0.1, 0.15) is 21.7 Å². The van der Waals surface area contributed by atoms with Crippen molar-refractivity contribution in [3.8, 4) is 11.5 Å². The van der Waals surface area contributed by atoms with Gasteiger partial charge in [0.1, 0.15) is 0 Å². The molecule has 122 valence electrons. The van der Waals surface area contributed by atoms with Crippen LogP contribution in [0.15, 0.2) is 24.3 Å². The second kappa shape index (κ2) is 5.23. The van der Waals surface area contributed by atoms with Crippen molar-refractivity contribution in [3.63, 3.8) is 0 Å². The molecule has 0 fully saturated rings. The van der Waals surface area contributed by atoms with E-state index in [4.69, 9.17) is 9.47 Å². The maximum atomic E-state index is 12.8. The molecule has 0 unspecified atom stereocenters. The molecule has 0 spiro atoms. The van der Waals surface area contributed by atoms with E-state index in [9.17, 15) is 4.79 Å². The number of benzene rings is 1. The van der Waals surface area contributed by atoms with Crippen molar-refractivity contribution >= 4 is 22.6 Å². The number of amides is 1. The molecule has 1 N–H and O–H groups in total. The van der Waals surface area contributed by atoms with E-state index < -0.39 is 0 Å². The zero-order valence-electron chi connectivity index (χ0n) is 13.6. The van der Waals surface area contributed by atoms with E-state index in [1.165, 1.54) is 0 Å². The number of carbonyl (C=O) groups excluding carboxylic acids is 1. The monoisotopic (exact) mass is 324 g/mol. The first-order chi connectivity index (χ1) is 11.5. The quantitative estimate of drug-likeness (QED) is 0.784. The highest BCUT2D eigenvalue weighted by Crippen LogP contribution is 2.34. The van der Waals surface area contributed by atoms with Crippen molar-refractivity contribution in [3.05, 3.63) is 41.2 Å². The van der Waals surface area contributed by atoms with Crippen LogP contribution >= 0.6 is 0 Å². The topological polar surface area (TPSA) is 78.3 Å². The van der Waals surface area contributed by atoms with Gasteiger partial charge in [-0.2, -0.15) is 5.10 Å². The van der Waals surface area contributed by atoms with Gasteiger partial charge in [0.25, 0.3) is 5.91 Å². The number of aromatic nitrogens is 3. The third kappa shape index (κ3) is 2.25. The summed E-state index contributed by atoms with van der Waals surface area (Å²) < 4.78 is 12.3. The van der Waals surface area contributed by atoms with Crippen molar-refractivity contribution in [2.24, 2.45) is 7.05 Å². The minimum absolute atomic E-state index is 0.200. The lowest BCUT2D eigenvalue weighted by Gasteiger charge is -2.08. The Morgan fingerprint density at radius 3 is 2.83 bits per heavy atom. The summed E-state index contributed by atoms with van der Waals surface area (Å²) in [6.07, 6.45) is 0. The summed E-state index contributed by atoms with van der Waals surface area (Å²) in [4.78, 5) is 17.3. The highest BCUT2D eigenvalue weighted by Gasteiger charge is 2.19. The molecule has 3 heterocycles. The van der Waals surface area contributed by atoms with Gasteiger partial charge in [-0.3, -0.25) is 9.48 Å². The number of ether oxygens (including phenoxy) is 2. The third-order valence-electron chi connectivity index (χ3n) is 3.97. The molecule has 3 aromatic rings. The largest absolute Gasteiger partial charge is 0.454 e. The molecule has 7 heteroatoms. The number of aryl methyl sites for hydroxylation is 3. The molecular formula is C17H16N4O3. The number of nitrogens with one attached hydrogen (secondary N) is 1. The Bertz CT molecular complexity index is 978. The van der Waals surface area contributed by atoms with Crippen LogP contribution in [0.25, 0.3) is 11.0 Å². The SMILES string of the molecule is Cc1cc(C(=O)Nc2ccc3c(c2)OCO3)c2c(C)nn(C)c2n1. The van der Waals surface area contributed by atoms with Crippen LogP contribution in [0.5, 0.6) is 11.5 Å². The van der Waals surface area contributed by atoms with Crippen LogP contribution in [-0.4, -0.2) is 27.5 Å². The minimum atomic E-state index is -0.208. The van der Waals surface area contributed by atoms with Crippen molar-refractivity contribution in [2.45, 2.75) is 13.8 Å². The van der Waals surface area contributed by atoms with Gasteiger partial charge < -0.3 is 14.8 Å². The van der Waals surface area contributed by atoms with E-state index in [0.29, 0.717) is 28.4 Å². The van der Waals surface area contributed by atoms with E-state index in [0.717, 1.165) is 16.8 Å². The normalized spacial score (nSPS) is 12.6. The molecule has 4 rings (SSSR count). The first kappa shape index (κ1) is 14.5.